The number of carbonyl (C=O) groups excluding carboxylic acids is 3. The molecular weight excluding hydrogens is 396 g/mol. The van der Waals surface area contributed by atoms with Crippen LogP contribution in [0.3, 0.4) is 0 Å². The van der Waals surface area contributed by atoms with Crippen molar-refractivity contribution in [2.75, 3.05) is 19.7 Å². The molecule has 3 aromatic heterocycles. The first-order valence-electron chi connectivity index (χ1n) is 9.15. The number of esters is 1. The number of hydrogen-bond donors (Lipinski definition) is 1. The van der Waals surface area contributed by atoms with Crippen molar-refractivity contribution < 1.29 is 19.1 Å². The molecule has 9 nitrogen and oxygen atoms in total. The summed E-state index contributed by atoms with van der Waals surface area (Å²) >= 11 is 1.10. The third-order valence-electron chi connectivity index (χ3n) is 4.68. The summed E-state index contributed by atoms with van der Waals surface area (Å²) in [6, 6.07) is 5.78. The lowest BCUT2D eigenvalue weighted by atomic mass is 10.1. The summed E-state index contributed by atoms with van der Waals surface area (Å²) in [4.78, 5) is 56.6. The van der Waals surface area contributed by atoms with E-state index in [2.05, 4.69) is 10.3 Å². The van der Waals surface area contributed by atoms with Crippen molar-refractivity contribution in [1.29, 1.82) is 0 Å². The highest BCUT2D eigenvalue weighted by molar-refractivity contribution is 7.20. The zero-order valence-corrected chi connectivity index (χ0v) is 16.4. The van der Waals surface area contributed by atoms with Gasteiger partial charge >= 0.3 is 5.97 Å². The quantitative estimate of drug-likeness (QED) is 0.633. The summed E-state index contributed by atoms with van der Waals surface area (Å²) in [6.45, 7) is 2.42. The summed E-state index contributed by atoms with van der Waals surface area (Å²) in [6.07, 6.45) is 1.40. The maximum atomic E-state index is 13.1. The number of nitrogens with one attached hydrogen (secondary N) is 1. The molecule has 0 aliphatic carbocycles. The number of carbonyl (C=O) groups is 3. The third kappa shape index (κ3) is 3.46. The first-order chi connectivity index (χ1) is 14.0. The van der Waals surface area contributed by atoms with Crippen LogP contribution in [0.15, 0.2) is 35.3 Å². The smallest absolute Gasteiger partial charge is 0.308 e. The minimum atomic E-state index is -0.950. The molecule has 0 bridgehead atoms. The number of amides is 2. The van der Waals surface area contributed by atoms with E-state index >= 15 is 0 Å². The van der Waals surface area contributed by atoms with Crippen LogP contribution in [-0.2, 0) is 14.3 Å². The van der Waals surface area contributed by atoms with Gasteiger partial charge < -0.3 is 15.0 Å². The fraction of sp³-hybridized carbons (Fsp3) is 0.316. The van der Waals surface area contributed by atoms with Gasteiger partial charge in [-0.25, -0.2) is 4.98 Å². The van der Waals surface area contributed by atoms with E-state index in [-0.39, 0.29) is 25.1 Å². The molecule has 0 aromatic carbocycles. The van der Waals surface area contributed by atoms with Crippen LogP contribution >= 0.6 is 11.3 Å². The van der Waals surface area contributed by atoms with Crippen LogP contribution in [0, 0.1) is 0 Å². The van der Waals surface area contributed by atoms with Crippen LogP contribution < -0.4 is 10.9 Å². The molecule has 2 amide bonds. The lowest BCUT2D eigenvalue weighted by molar-refractivity contribution is -0.147. The highest BCUT2D eigenvalue weighted by Gasteiger charge is 2.36. The molecular formula is C19H18N4O5S. The molecule has 4 rings (SSSR count). The van der Waals surface area contributed by atoms with Crippen molar-refractivity contribution in [3.05, 3.63) is 45.7 Å². The Bertz CT molecular complexity index is 1180. The maximum absolute atomic E-state index is 13.1. The maximum Gasteiger partial charge on any atom is 0.308 e. The average Bonchev–Trinajstić information content (AvgIpc) is 3.14. The molecule has 29 heavy (non-hydrogen) atoms. The topological polar surface area (TPSA) is 110 Å². The van der Waals surface area contributed by atoms with E-state index in [0.717, 1.165) is 11.3 Å². The summed E-state index contributed by atoms with van der Waals surface area (Å²) in [5, 5.41) is 3.01. The molecule has 10 heteroatoms. The molecule has 150 valence electrons. The van der Waals surface area contributed by atoms with Gasteiger partial charge in [0.15, 0.2) is 0 Å². The van der Waals surface area contributed by atoms with E-state index in [9.17, 15) is 19.2 Å². The highest BCUT2D eigenvalue weighted by atomic mass is 32.1. The Balaban J connectivity index is 1.70. The molecule has 1 saturated heterocycles. The second kappa shape index (κ2) is 7.63. The van der Waals surface area contributed by atoms with Crippen molar-refractivity contribution in [3.8, 4) is 0 Å². The van der Waals surface area contributed by atoms with E-state index in [1.54, 1.807) is 31.3 Å². The molecule has 1 aliphatic heterocycles. The molecule has 1 N–H and O–H groups in total. The largest absolute Gasteiger partial charge is 0.466 e. The number of nitrogens with zero attached hydrogens (tertiary/aromatic N) is 3. The van der Waals surface area contributed by atoms with Gasteiger partial charge in [0, 0.05) is 19.3 Å². The second-order valence-electron chi connectivity index (χ2n) is 6.49. The monoisotopic (exact) mass is 414 g/mol. The van der Waals surface area contributed by atoms with Gasteiger partial charge in [-0.2, -0.15) is 0 Å². The zero-order chi connectivity index (χ0) is 20.5. The van der Waals surface area contributed by atoms with E-state index < -0.39 is 23.8 Å². The van der Waals surface area contributed by atoms with Crippen molar-refractivity contribution in [2.24, 2.45) is 0 Å². The normalized spacial score (nSPS) is 16.8. The summed E-state index contributed by atoms with van der Waals surface area (Å²) in [5.74, 6) is -1.36. The van der Waals surface area contributed by atoms with Crippen molar-refractivity contribution in [3.63, 3.8) is 0 Å². The molecule has 1 aliphatic rings. The van der Waals surface area contributed by atoms with Crippen LogP contribution in [0.5, 0.6) is 0 Å². The lowest BCUT2D eigenvalue weighted by Crippen LogP contribution is -2.57. The van der Waals surface area contributed by atoms with Crippen molar-refractivity contribution in [1.82, 2.24) is 19.6 Å². The Morgan fingerprint density at radius 2 is 2.17 bits per heavy atom. The Labute approximate surface area is 168 Å². The number of pyridine rings is 1. The van der Waals surface area contributed by atoms with Crippen LogP contribution in [0.4, 0.5) is 0 Å². The number of fused-ring (bicyclic) bond motifs is 2. The van der Waals surface area contributed by atoms with Crippen molar-refractivity contribution >= 4 is 45.0 Å². The molecule has 0 saturated carbocycles. The molecule has 3 aromatic rings. The van der Waals surface area contributed by atoms with E-state index in [1.807, 2.05) is 0 Å². The van der Waals surface area contributed by atoms with Crippen LogP contribution in [0.1, 0.15) is 23.0 Å². The van der Waals surface area contributed by atoms with Crippen LogP contribution in [0.25, 0.3) is 15.9 Å². The summed E-state index contributed by atoms with van der Waals surface area (Å²) in [5.41, 5.74) is 0.226. The van der Waals surface area contributed by atoms with E-state index in [4.69, 9.17) is 4.74 Å². The minimum Gasteiger partial charge on any atom is -0.466 e. The minimum absolute atomic E-state index is 0.195. The Morgan fingerprint density at radius 1 is 1.34 bits per heavy atom. The van der Waals surface area contributed by atoms with Crippen LogP contribution in [0.2, 0.25) is 0 Å². The second-order valence-corrected chi connectivity index (χ2v) is 7.52. The number of ether oxygens (including phenoxy) is 1. The van der Waals surface area contributed by atoms with Gasteiger partial charge in [0.1, 0.15) is 16.5 Å². The molecule has 0 spiro atoms. The Hall–Kier alpha value is -3.27. The number of rotatable bonds is 4. The predicted octanol–water partition coefficient (Wildman–Crippen LogP) is 0.803. The van der Waals surface area contributed by atoms with Gasteiger partial charge in [0.2, 0.25) is 5.91 Å². The number of piperazine rings is 1. The van der Waals surface area contributed by atoms with Gasteiger partial charge in [-0.1, -0.05) is 6.07 Å². The van der Waals surface area contributed by atoms with E-state index in [1.165, 1.54) is 15.4 Å². The fourth-order valence-electron chi connectivity index (χ4n) is 3.33. The summed E-state index contributed by atoms with van der Waals surface area (Å²) in [7, 11) is 0. The van der Waals surface area contributed by atoms with E-state index in [0.29, 0.717) is 27.3 Å². The lowest BCUT2D eigenvalue weighted by Gasteiger charge is -2.34. The van der Waals surface area contributed by atoms with Gasteiger partial charge in [0.25, 0.3) is 11.5 Å². The van der Waals surface area contributed by atoms with Crippen molar-refractivity contribution in [2.45, 2.75) is 19.4 Å². The molecule has 0 unspecified atom stereocenters. The molecule has 0 radical (unpaired) electrons. The Morgan fingerprint density at radius 3 is 2.97 bits per heavy atom. The fourth-order valence-corrected chi connectivity index (χ4v) is 4.32. The van der Waals surface area contributed by atoms with Gasteiger partial charge in [0.05, 0.1) is 23.3 Å². The van der Waals surface area contributed by atoms with Crippen LogP contribution in [-0.4, -0.2) is 57.8 Å². The SMILES string of the molecule is CCOC(=O)C[C@@H]1C(=O)NCCN1C(=O)c1cc2c(=O)n3ccccc3nc2s1. The first-order valence-corrected chi connectivity index (χ1v) is 9.96. The number of aromatic nitrogens is 2. The molecule has 1 fully saturated rings. The highest BCUT2D eigenvalue weighted by Crippen LogP contribution is 2.25. The van der Waals surface area contributed by atoms with Gasteiger partial charge in [-0.15, -0.1) is 11.3 Å². The predicted molar refractivity (Wildman–Crippen MR) is 106 cm³/mol. The first kappa shape index (κ1) is 19.1. The molecule has 1 atom stereocenters. The zero-order valence-electron chi connectivity index (χ0n) is 15.6. The molecule has 4 heterocycles. The number of thiophene rings is 1. The van der Waals surface area contributed by atoms with Gasteiger partial charge in [-0.05, 0) is 25.1 Å². The number of hydrogen-bond acceptors (Lipinski definition) is 7. The third-order valence-corrected chi connectivity index (χ3v) is 5.70. The summed E-state index contributed by atoms with van der Waals surface area (Å²) < 4.78 is 6.34. The van der Waals surface area contributed by atoms with Gasteiger partial charge in [-0.3, -0.25) is 23.6 Å². The Kier molecular flexibility index (Phi) is 5.01. The average molecular weight is 414 g/mol. The standard InChI is InChI=1S/C19H18N4O5S/c1-2-28-15(24)10-12-16(25)20-6-8-22(12)19(27)13-9-11-17(29-13)21-14-5-3-4-7-23(14)18(11)26/h3-5,7,9,12H,2,6,8,10H2,1H3,(H,20,25)/t12-/m1/s1.